The first-order valence-corrected chi connectivity index (χ1v) is 8.45. The molecule has 7 heteroatoms. The third-order valence-electron chi connectivity index (χ3n) is 3.96. The Bertz CT molecular complexity index is 642. The predicted octanol–water partition coefficient (Wildman–Crippen LogP) is 1.82. The van der Waals surface area contributed by atoms with Crippen molar-refractivity contribution < 1.29 is 18.3 Å². The Morgan fingerprint density at radius 3 is 2.57 bits per heavy atom. The quantitative estimate of drug-likeness (QED) is 0.735. The van der Waals surface area contributed by atoms with Gasteiger partial charge in [0.25, 0.3) is 0 Å². The highest BCUT2D eigenvalue weighted by Gasteiger charge is 2.28. The van der Waals surface area contributed by atoms with Crippen molar-refractivity contribution >= 4 is 21.7 Å². The zero-order valence-electron chi connectivity index (χ0n) is 11.9. The maximum Gasteiger partial charge on any atom is 0.335 e. The van der Waals surface area contributed by atoms with Gasteiger partial charge in [0.05, 0.1) is 11.3 Å². The predicted molar refractivity (Wildman–Crippen MR) is 79.6 cm³/mol. The Labute approximate surface area is 124 Å². The van der Waals surface area contributed by atoms with Gasteiger partial charge in [-0.05, 0) is 37.0 Å². The number of anilines is 1. The largest absolute Gasteiger partial charge is 0.478 e. The lowest BCUT2D eigenvalue weighted by Crippen LogP contribution is -2.41. The van der Waals surface area contributed by atoms with Gasteiger partial charge in [0.2, 0.25) is 10.0 Å². The van der Waals surface area contributed by atoms with Gasteiger partial charge in [-0.3, -0.25) is 0 Å². The van der Waals surface area contributed by atoms with Crippen LogP contribution in [0.25, 0.3) is 0 Å². The van der Waals surface area contributed by atoms with Gasteiger partial charge >= 0.3 is 5.97 Å². The number of carboxylic acid groups (broad SMARTS) is 1. The van der Waals surface area contributed by atoms with Crippen molar-refractivity contribution in [2.75, 3.05) is 5.73 Å². The number of aromatic carboxylic acids is 1. The van der Waals surface area contributed by atoms with Crippen molar-refractivity contribution in [3.05, 3.63) is 23.8 Å². The van der Waals surface area contributed by atoms with E-state index in [1.165, 1.54) is 18.2 Å². The fourth-order valence-corrected chi connectivity index (χ4v) is 4.17. The fraction of sp³-hybridized carbons (Fsp3) is 0.500. The molecule has 2 rings (SSSR count). The molecule has 2 unspecified atom stereocenters. The molecule has 0 spiro atoms. The van der Waals surface area contributed by atoms with Gasteiger partial charge in [-0.15, -0.1) is 0 Å². The SMILES string of the molecule is CC1CCCCC1NS(=O)(=O)c1ccc(C(=O)O)cc1N. The highest BCUT2D eigenvalue weighted by atomic mass is 32.2. The summed E-state index contributed by atoms with van der Waals surface area (Å²) < 4.78 is 27.5. The van der Waals surface area contributed by atoms with Crippen LogP contribution in [-0.2, 0) is 10.0 Å². The molecule has 1 saturated carbocycles. The van der Waals surface area contributed by atoms with Crippen molar-refractivity contribution in [3.8, 4) is 0 Å². The van der Waals surface area contributed by atoms with Crippen LogP contribution in [0.4, 0.5) is 5.69 Å². The molecule has 1 aromatic rings. The summed E-state index contributed by atoms with van der Waals surface area (Å²) in [7, 11) is -3.73. The first-order valence-electron chi connectivity index (χ1n) is 6.96. The maximum absolute atomic E-state index is 12.4. The highest BCUT2D eigenvalue weighted by Crippen LogP contribution is 2.27. The topological polar surface area (TPSA) is 109 Å². The molecule has 1 aromatic carbocycles. The van der Waals surface area contributed by atoms with Crippen LogP contribution in [0, 0.1) is 5.92 Å². The smallest absolute Gasteiger partial charge is 0.335 e. The number of sulfonamides is 1. The summed E-state index contributed by atoms with van der Waals surface area (Å²) in [5.41, 5.74) is 5.62. The number of rotatable bonds is 4. The van der Waals surface area contributed by atoms with Gasteiger partial charge in [-0.25, -0.2) is 17.9 Å². The average Bonchev–Trinajstić information content (AvgIpc) is 2.40. The van der Waals surface area contributed by atoms with Crippen LogP contribution in [0.15, 0.2) is 23.1 Å². The molecule has 0 bridgehead atoms. The Balaban J connectivity index is 2.25. The molecule has 0 saturated heterocycles. The summed E-state index contributed by atoms with van der Waals surface area (Å²) in [6.07, 6.45) is 3.94. The second kappa shape index (κ2) is 6.03. The monoisotopic (exact) mass is 312 g/mol. The van der Waals surface area contributed by atoms with Gasteiger partial charge in [0.15, 0.2) is 0 Å². The minimum absolute atomic E-state index is 0.0301. The van der Waals surface area contributed by atoms with E-state index >= 15 is 0 Å². The third-order valence-corrected chi connectivity index (χ3v) is 5.53. The van der Waals surface area contributed by atoms with Crippen LogP contribution in [-0.4, -0.2) is 25.5 Å². The van der Waals surface area contributed by atoms with Crippen LogP contribution in [0.3, 0.4) is 0 Å². The number of carboxylic acids is 1. The molecular formula is C14H20N2O4S. The van der Waals surface area contributed by atoms with E-state index in [4.69, 9.17) is 10.8 Å². The van der Waals surface area contributed by atoms with E-state index in [-0.39, 0.29) is 28.1 Å². The van der Waals surface area contributed by atoms with Crippen molar-refractivity contribution in [1.29, 1.82) is 0 Å². The van der Waals surface area contributed by atoms with Crippen LogP contribution in [0.5, 0.6) is 0 Å². The molecule has 0 aromatic heterocycles. The van der Waals surface area contributed by atoms with Crippen molar-refractivity contribution in [3.63, 3.8) is 0 Å². The minimum Gasteiger partial charge on any atom is -0.478 e. The molecule has 2 atom stereocenters. The number of benzene rings is 1. The second-order valence-electron chi connectivity index (χ2n) is 5.55. The maximum atomic E-state index is 12.4. The molecule has 4 N–H and O–H groups in total. The molecule has 0 aliphatic heterocycles. The summed E-state index contributed by atoms with van der Waals surface area (Å²) in [6, 6.07) is 3.56. The van der Waals surface area contributed by atoms with Gasteiger partial charge < -0.3 is 10.8 Å². The Hall–Kier alpha value is -1.60. The minimum atomic E-state index is -3.73. The molecule has 0 amide bonds. The van der Waals surface area contributed by atoms with Gasteiger partial charge in [0, 0.05) is 6.04 Å². The van der Waals surface area contributed by atoms with Gasteiger partial charge in [-0.1, -0.05) is 19.8 Å². The van der Waals surface area contributed by atoms with Crippen molar-refractivity contribution in [2.45, 2.75) is 43.5 Å². The van der Waals surface area contributed by atoms with Crippen molar-refractivity contribution in [2.24, 2.45) is 5.92 Å². The van der Waals surface area contributed by atoms with Crippen LogP contribution < -0.4 is 10.5 Å². The van der Waals surface area contributed by atoms with Gasteiger partial charge in [0.1, 0.15) is 4.90 Å². The van der Waals surface area contributed by atoms with E-state index in [0.29, 0.717) is 0 Å². The first kappa shape index (κ1) is 15.8. The molecule has 21 heavy (non-hydrogen) atoms. The lowest BCUT2D eigenvalue weighted by atomic mass is 9.87. The van der Waals surface area contributed by atoms with Crippen molar-refractivity contribution in [1.82, 2.24) is 4.72 Å². The Morgan fingerprint density at radius 2 is 2.00 bits per heavy atom. The summed E-state index contributed by atoms with van der Waals surface area (Å²) >= 11 is 0. The number of hydrogen-bond donors (Lipinski definition) is 3. The molecule has 1 fully saturated rings. The Kier molecular flexibility index (Phi) is 4.53. The summed E-state index contributed by atoms with van der Waals surface area (Å²) in [6.45, 7) is 2.03. The Morgan fingerprint density at radius 1 is 1.33 bits per heavy atom. The van der Waals surface area contributed by atoms with Crippen LogP contribution >= 0.6 is 0 Å². The fourth-order valence-electron chi connectivity index (χ4n) is 2.68. The number of nitrogen functional groups attached to an aromatic ring is 1. The second-order valence-corrected chi connectivity index (χ2v) is 7.23. The lowest BCUT2D eigenvalue weighted by Gasteiger charge is -2.29. The number of carbonyl (C=O) groups is 1. The van der Waals surface area contributed by atoms with Gasteiger partial charge in [-0.2, -0.15) is 0 Å². The van der Waals surface area contributed by atoms with Crippen LogP contribution in [0.2, 0.25) is 0 Å². The average molecular weight is 312 g/mol. The van der Waals surface area contributed by atoms with E-state index in [0.717, 1.165) is 25.7 Å². The molecule has 1 aliphatic carbocycles. The normalized spacial score (nSPS) is 22.9. The summed E-state index contributed by atoms with van der Waals surface area (Å²) in [5, 5.41) is 8.88. The standard InChI is InChI=1S/C14H20N2O4S/c1-9-4-2-3-5-12(9)16-21(19,20)13-7-6-10(14(17)18)8-11(13)15/h6-9,12,16H,2-5,15H2,1H3,(H,17,18). The number of nitrogens with two attached hydrogens (primary N) is 1. The molecule has 1 aliphatic rings. The molecule has 6 nitrogen and oxygen atoms in total. The van der Waals surface area contributed by atoms with Crippen LogP contribution in [0.1, 0.15) is 43.0 Å². The first-order chi connectivity index (χ1) is 9.81. The molecule has 0 heterocycles. The molecule has 0 radical (unpaired) electrons. The lowest BCUT2D eigenvalue weighted by molar-refractivity contribution is 0.0697. The highest BCUT2D eigenvalue weighted by molar-refractivity contribution is 7.89. The molecule has 116 valence electrons. The van der Waals surface area contributed by atoms with E-state index in [1.54, 1.807) is 0 Å². The zero-order valence-corrected chi connectivity index (χ0v) is 12.7. The summed E-state index contributed by atoms with van der Waals surface area (Å²) in [5.74, 6) is -0.854. The molecular weight excluding hydrogens is 292 g/mol. The summed E-state index contributed by atoms with van der Waals surface area (Å²) in [4.78, 5) is 10.8. The zero-order chi connectivity index (χ0) is 15.6. The van der Waals surface area contributed by atoms with E-state index in [9.17, 15) is 13.2 Å². The number of nitrogens with one attached hydrogen (secondary N) is 1. The van der Waals surface area contributed by atoms with E-state index < -0.39 is 16.0 Å². The van der Waals surface area contributed by atoms with E-state index in [1.807, 2.05) is 6.92 Å². The number of hydrogen-bond acceptors (Lipinski definition) is 4. The van der Waals surface area contributed by atoms with E-state index in [2.05, 4.69) is 4.72 Å². The third kappa shape index (κ3) is 3.54.